The lowest BCUT2D eigenvalue weighted by Gasteiger charge is -2.33. The quantitative estimate of drug-likeness (QED) is 0.722. The highest BCUT2D eigenvalue weighted by atomic mass is 19.1. The molecule has 0 unspecified atom stereocenters. The number of benzene rings is 2. The van der Waals surface area contributed by atoms with Gasteiger partial charge < -0.3 is 10.6 Å². The topological polar surface area (TPSA) is 55.0 Å². The van der Waals surface area contributed by atoms with Crippen molar-refractivity contribution < 1.29 is 4.39 Å². The van der Waals surface area contributed by atoms with Gasteiger partial charge in [-0.15, -0.1) is 0 Å². The molecule has 1 saturated heterocycles. The second kappa shape index (κ2) is 8.48. The molecule has 4 nitrogen and oxygen atoms in total. The van der Waals surface area contributed by atoms with Crippen LogP contribution in [0, 0.1) is 5.82 Å². The van der Waals surface area contributed by atoms with Crippen LogP contribution in [0.4, 0.5) is 10.3 Å². The molecule has 4 rings (SSSR count). The van der Waals surface area contributed by atoms with Crippen molar-refractivity contribution >= 4 is 5.95 Å². The molecule has 2 N–H and O–H groups in total. The Bertz CT molecular complexity index is 929. The Hall–Kier alpha value is -2.79. The van der Waals surface area contributed by atoms with E-state index in [-0.39, 0.29) is 17.7 Å². The van der Waals surface area contributed by atoms with E-state index in [0.717, 1.165) is 55.7 Å². The van der Waals surface area contributed by atoms with Crippen LogP contribution in [0.3, 0.4) is 0 Å². The summed E-state index contributed by atoms with van der Waals surface area (Å²) in [5.74, 6) is 0.290. The molecule has 0 radical (unpaired) electrons. The number of nitrogens with zero attached hydrogens (tertiary/aromatic N) is 3. The zero-order chi connectivity index (χ0) is 19.3. The third-order valence-electron chi connectivity index (χ3n) is 5.42. The van der Waals surface area contributed by atoms with Gasteiger partial charge in [-0.3, -0.25) is 0 Å². The highest BCUT2D eigenvalue weighted by Crippen LogP contribution is 2.33. The summed E-state index contributed by atoms with van der Waals surface area (Å²) < 4.78 is 13.8. The van der Waals surface area contributed by atoms with Crippen LogP contribution in [-0.4, -0.2) is 34.5 Å². The molecule has 0 spiro atoms. The molecule has 3 aromatic rings. The smallest absolute Gasteiger partial charge is 0.220 e. The number of nitrogens with two attached hydrogens (primary N) is 1. The first-order valence-corrected chi connectivity index (χ1v) is 9.83. The molecular formula is C23H25FN4. The van der Waals surface area contributed by atoms with Crippen LogP contribution in [0.5, 0.6) is 0 Å². The third-order valence-corrected chi connectivity index (χ3v) is 5.42. The van der Waals surface area contributed by atoms with Crippen LogP contribution in [0.15, 0.2) is 60.8 Å². The fourth-order valence-corrected chi connectivity index (χ4v) is 4.01. The lowest BCUT2D eigenvalue weighted by molar-refractivity contribution is 0.208. The van der Waals surface area contributed by atoms with Crippen LogP contribution >= 0.6 is 0 Å². The van der Waals surface area contributed by atoms with Crippen LogP contribution < -0.4 is 5.73 Å². The van der Waals surface area contributed by atoms with E-state index in [1.54, 1.807) is 12.3 Å². The minimum absolute atomic E-state index is 0.256. The summed E-state index contributed by atoms with van der Waals surface area (Å²) in [7, 11) is 0. The van der Waals surface area contributed by atoms with Gasteiger partial charge in [0.05, 0.1) is 5.69 Å². The highest BCUT2D eigenvalue weighted by Gasteiger charge is 2.25. The Morgan fingerprint density at radius 2 is 1.96 bits per heavy atom. The molecule has 144 valence electrons. The molecule has 28 heavy (non-hydrogen) atoms. The summed E-state index contributed by atoms with van der Waals surface area (Å²) in [6, 6.07) is 17.2. The molecular weight excluding hydrogens is 351 g/mol. The predicted molar refractivity (Wildman–Crippen MR) is 110 cm³/mol. The largest absolute Gasteiger partial charge is 0.368 e. The number of nitrogen functional groups attached to an aromatic ring is 1. The molecule has 0 aliphatic carbocycles. The van der Waals surface area contributed by atoms with E-state index >= 15 is 0 Å². The summed E-state index contributed by atoms with van der Waals surface area (Å²) >= 11 is 0. The van der Waals surface area contributed by atoms with Gasteiger partial charge in [0.25, 0.3) is 0 Å². The number of aromatic nitrogens is 2. The van der Waals surface area contributed by atoms with Gasteiger partial charge in [0, 0.05) is 30.8 Å². The molecule has 1 aliphatic rings. The molecule has 0 amide bonds. The molecule has 0 bridgehead atoms. The Morgan fingerprint density at radius 1 is 1.11 bits per heavy atom. The van der Waals surface area contributed by atoms with Gasteiger partial charge in [-0.1, -0.05) is 42.5 Å². The lowest BCUT2D eigenvalue weighted by atomic mass is 9.89. The molecule has 2 heterocycles. The number of rotatable bonds is 5. The van der Waals surface area contributed by atoms with E-state index in [1.807, 2.05) is 12.1 Å². The van der Waals surface area contributed by atoms with Crippen LogP contribution in [0.2, 0.25) is 0 Å². The van der Waals surface area contributed by atoms with Gasteiger partial charge in [-0.25, -0.2) is 14.4 Å². The molecule has 1 atom stereocenters. The third kappa shape index (κ3) is 4.37. The summed E-state index contributed by atoms with van der Waals surface area (Å²) in [4.78, 5) is 11.2. The molecule has 1 aliphatic heterocycles. The van der Waals surface area contributed by atoms with Gasteiger partial charge in [-0.2, -0.15) is 0 Å². The summed E-state index contributed by atoms with van der Waals surface area (Å²) in [5, 5.41) is 0. The van der Waals surface area contributed by atoms with Crippen molar-refractivity contribution in [2.75, 3.05) is 25.4 Å². The summed E-state index contributed by atoms with van der Waals surface area (Å²) in [6.45, 7) is 3.06. The number of anilines is 1. The fraction of sp³-hybridized carbons (Fsp3) is 0.304. The summed E-state index contributed by atoms with van der Waals surface area (Å²) in [6.07, 6.45) is 4.94. The van der Waals surface area contributed by atoms with Crippen LogP contribution in [0.1, 0.15) is 30.0 Å². The lowest BCUT2D eigenvalue weighted by Crippen LogP contribution is -2.36. The highest BCUT2D eigenvalue weighted by molar-refractivity contribution is 5.66. The standard InChI is InChI=1S/C23H25FN4/c24-20-10-4-8-18(14-20)21-15-26-23(25)27-22(21)19-9-5-12-28(16-19)13-11-17-6-2-1-3-7-17/h1-4,6-8,10,14-15,19H,5,9,11-13,16H2,(H2,25,26,27)/t19-/m1/s1. The molecule has 5 heteroatoms. The van der Waals surface area contributed by atoms with E-state index in [9.17, 15) is 4.39 Å². The van der Waals surface area contributed by atoms with Gasteiger partial charge in [0.1, 0.15) is 5.82 Å². The zero-order valence-corrected chi connectivity index (χ0v) is 15.9. The predicted octanol–water partition coefficient (Wildman–Crippen LogP) is 4.29. The van der Waals surface area contributed by atoms with E-state index in [1.165, 1.54) is 17.7 Å². The second-order valence-corrected chi connectivity index (χ2v) is 7.41. The Kier molecular flexibility index (Phi) is 5.63. The first kappa shape index (κ1) is 18.6. The molecule has 2 aromatic carbocycles. The van der Waals surface area contributed by atoms with Gasteiger partial charge in [0.15, 0.2) is 0 Å². The van der Waals surface area contributed by atoms with E-state index in [4.69, 9.17) is 5.73 Å². The SMILES string of the molecule is Nc1ncc(-c2cccc(F)c2)c([C@@H]2CCCN(CCc3ccccc3)C2)n1. The van der Waals surface area contributed by atoms with Crippen molar-refractivity contribution in [3.05, 3.63) is 77.9 Å². The average Bonchev–Trinajstić information content (AvgIpc) is 2.73. The maximum Gasteiger partial charge on any atom is 0.220 e. The summed E-state index contributed by atoms with van der Waals surface area (Å²) in [5.41, 5.74) is 9.87. The Morgan fingerprint density at radius 3 is 2.79 bits per heavy atom. The van der Waals surface area contributed by atoms with Crippen LogP contribution in [0.25, 0.3) is 11.1 Å². The second-order valence-electron chi connectivity index (χ2n) is 7.41. The monoisotopic (exact) mass is 376 g/mol. The average molecular weight is 376 g/mol. The Labute approximate surface area is 165 Å². The minimum Gasteiger partial charge on any atom is -0.368 e. The molecule has 1 aromatic heterocycles. The number of hydrogen-bond acceptors (Lipinski definition) is 4. The Balaban J connectivity index is 1.54. The van der Waals surface area contributed by atoms with Crippen molar-refractivity contribution in [1.82, 2.24) is 14.9 Å². The van der Waals surface area contributed by atoms with Crippen molar-refractivity contribution in [3.63, 3.8) is 0 Å². The maximum absolute atomic E-state index is 13.8. The van der Waals surface area contributed by atoms with Crippen molar-refractivity contribution in [3.8, 4) is 11.1 Å². The van der Waals surface area contributed by atoms with Crippen LogP contribution in [-0.2, 0) is 6.42 Å². The normalized spacial score (nSPS) is 17.5. The van der Waals surface area contributed by atoms with Gasteiger partial charge in [-0.05, 0) is 49.1 Å². The fourth-order valence-electron chi connectivity index (χ4n) is 4.01. The first-order valence-electron chi connectivity index (χ1n) is 9.83. The minimum atomic E-state index is -0.256. The number of likely N-dealkylation sites (tertiary alicyclic amines) is 1. The van der Waals surface area contributed by atoms with E-state index in [0.29, 0.717) is 0 Å². The number of halogens is 1. The van der Waals surface area contributed by atoms with Crippen molar-refractivity contribution in [1.29, 1.82) is 0 Å². The van der Waals surface area contributed by atoms with Gasteiger partial charge >= 0.3 is 0 Å². The van der Waals surface area contributed by atoms with E-state index in [2.05, 4.69) is 39.1 Å². The number of hydrogen-bond donors (Lipinski definition) is 1. The zero-order valence-electron chi connectivity index (χ0n) is 15.9. The molecule has 1 fully saturated rings. The first-order chi connectivity index (χ1) is 13.7. The molecule has 0 saturated carbocycles. The maximum atomic E-state index is 13.8. The van der Waals surface area contributed by atoms with Gasteiger partial charge in [0.2, 0.25) is 5.95 Å². The van der Waals surface area contributed by atoms with Crippen molar-refractivity contribution in [2.45, 2.75) is 25.2 Å². The van der Waals surface area contributed by atoms with E-state index < -0.39 is 0 Å². The number of piperidine rings is 1. The van der Waals surface area contributed by atoms with Crippen molar-refractivity contribution in [2.24, 2.45) is 0 Å².